The van der Waals surface area contributed by atoms with Gasteiger partial charge in [-0.3, -0.25) is 0 Å². The van der Waals surface area contributed by atoms with Crippen LogP contribution in [0.25, 0.3) is 12.2 Å². The molecule has 0 saturated carbocycles. The lowest BCUT2D eigenvalue weighted by molar-refractivity contribution is -0.131. The average Bonchev–Trinajstić information content (AvgIpc) is 2.51. The number of esters is 1. The number of ether oxygens (including phenoxy) is 1. The van der Waals surface area contributed by atoms with Gasteiger partial charge >= 0.3 is 11.9 Å². The van der Waals surface area contributed by atoms with Crippen LogP contribution in [0.5, 0.6) is 11.5 Å². The SMILES string of the molecule is O=C(O)C=Cc1cccc(OC(=O)C=Cc2cccc(O)c2)c1. The Balaban J connectivity index is 2.02. The van der Waals surface area contributed by atoms with E-state index in [2.05, 4.69) is 0 Å². The number of aromatic hydroxyl groups is 1. The van der Waals surface area contributed by atoms with Crippen molar-refractivity contribution in [2.75, 3.05) is 0 Å². The summed E-state index contributed by atoms with van der Waals surface area (Å²) in [5.74, 6) is -1.21. The molecule has 2 rings (SSSR count). The lowest BCUT2D eigenvalue weighted by Gasteiger charge is -2.02. The Morgan fingerprint density at radius 2 is 1.57 bits per heavy atom. The molecule has 0 bridgehead atoms. The van der Waals surface area contributed by atoms with E-state index in [9.17, 15) is 14.7 Å². The minimum Gasteiger partial charge on any atom is -0.508 e. The van der Waals surface area contributed by atoms with Gasteiger partial charge in [0.05, 0.1) is 0 Å². The van der Waals surface area contributed by atoms with Gasteiger partial charge in [0.2, 0.25) is 0 Å². The van der Waals surface area contributed by atoms with Crippen molar-refractivity contribution >= 4 is 24.1 Å². The molecule has 0 amide bonds. The minimum atomic E-state index is -1.05. The zero-order valence-electron chi connectivity index (χ0n) is 12.0. The van der Waals surface area contributed by atoms with Crippen LogP contribution < -0.4 is 4.74 Å². The van der Waals surface area contributed by atoms with Crippen molar-refractivity contribution in [1.29, 1.82) is 0 Å². The zero-order valence-corrected chi connectivity index (χ0v) is 12.0. The van der Waals surface area contributed by atoms with Crippen LogP contribution in [0.2, 0.25) is 0 Å². The molecule has 2 N–H and O–H groups in total. The largest absolute Gasteiger partial charge is 0.508 e. The van der Waals surface area contributed by atoms with Gasteiger partial charge in [-0.1, -0.05) is 24.3 Å². The monoisotopic (exact) mass is 310 g/mol. The third kappa shape index (κ3) is 5.51. The summed E-state index contributed by atoms with van der Waals surface area (Å²) in [6.07, 6.45) is 5.18. The molecule has 0 spiro atoms. The summed E-state index contributed by atoms with van der Waals surface area (Å²) in [5, 5.41) is 17.9. The fourth-order valence-electron chi connectivity index (χ4n) is 1.79. The molecule has 0 aliphatic carbocycles. The van der Waals surface area contributed by atoms with Gasteiger partial charge in [-0.15, -0.1) is 0 Å². The number of benzene rings is 2. The number of carboxylic acid groups (broad SMARTS) is 1. The summed E-state index contributed by atoms with van der Waals surface area (Å²) in [6, 6.07) is 13.0. The van der Waals surface area contributed by atoms with Crippen LogP contribution in [-0.4, -0.2) is 22.2 Å². The van der Waals surface area contributed by atoms with E-state index in [4.69, 9.17) is 9.84 Å². The third-order valence-corrected chi connectivity index (χ3v) is 2.78. The van der Waals surface area contributed by atoms with Crippen molar-refractivity contribution in [2.24, 2.45) is 0 Å². The van der Waals surface area contributed by atoms with Gasteiger partial charge in [-0.2, -0.15) is 0 Å². The van der Waals surface area contributed by atoms with Crippen LogP contribution in [0.4, 0.5) is 0 Å². The van der Waals surface area contributed by atoms with Crippen molar-refractivity contribution < 1.29 is 24.5 Å². The summed E-state index contributed by atoms with van der Waals surface area (Å²) < 4.78 is 5.14. The Kier molecular flexibility index (Phi) is 5.30. The highest BCUT2D eigenvalue weighted by molar-refractivity contribution is 5.89. The number of hydrogen-bond donors (Lipinski definition) is 2. The fourth-order valence-corrected chi connectivity index (χ4v) is 1.79. The molecule has 0 aliphatic rings. The first-order valence-corrected chi connectivity index (χ1v) is 6.73. The van der Waals surface area contributed by atoms with Gasteiger partial charge < -0.3 is 14.9 Å². The maximum absolute atomic E-state index is 11.8. The Morgan fingerprint density at radius 3 is 2.26 bits per heavy atom. The second kappa shape index (κ2) is 7.61. The van der Waals surface area contributed by atoms with E-state index < -0.39 is 11.9 Å². The van der Waals surface area contributed by atoms with Gasteiger partial charge in [0.25, 0.3) is 0 Å². The number of rotatable bonds is 5. The van der Waals surface area contributed by atoms with E-state index in [1.807, 2.05) is 0 Å². The van der Waals surface area contributed by atoms with Crippen molar-refractivity contribution in [1.82, 2.24) is 0 Å². The van der Waals surface area contributed by atoms with E-state index in [0.717, 1.165) is 6.08 Å². The topological polar surface area (TPSA) is 83.8 Å². The normalized spacial score (nSPS) is 11.0. The molecule has 0 fully saturated rings. The summed E-state index contributed by atoms with van der Waals surface area (Å²) in [5.41, 5.74) is 1.27. The molecular weight excluding hydrogens is 296 g/mol. The molecule has 23 heavy (non-hydrogen) atoms. The standard InChI is InChI=1S/C18H14O5/c19-15-5-1-3-13(11-15)8-10-18(22)23-16-6-2-4-14(12-16)7-9-17(20)21/h1-12,19H,(H,20,21). The van der Waals surface area contributed by atoms with E-state index in [-0.39, 0.29) is 5.75 Å². The van der Waals surface area contributed by atoms with Crippen molar-refractivity contribution in [3.63, 3.8) is 0 Å². The number of carbonyl (C=O) groups excluding carboxylic acids is 1. The molecule has 5 heteroatoms. The zero-order chi connectivity index (χ0) is 16.7. The molecule has 0 unspecified atom stereocenters. The summed E-state index contributed by atoms with van der Waals surface area (Å²) >= 11 is 0. The number of carboxylic acids is 1. The van der Waals surface area contributed by atoms with Crippen molar-refractivity contribution in [3.05, 3.63) is 71.8 Å². The first kappa shape index (κ1) is 16.0. The van der Waals surface area contributed by atoms with E-state index in [1.54, 1.807) is 36.4 Å². The first-order valence-electron chi connectivity index (χ1n) is 6.73. The number of hydrogen-bond acceptors (Lipinski definition) is 4. The highest BCUT2D eigenvalue weighted by atomic mass is 16.5. The van der Waals surface area contributed by atoms with Crippen LogP contribution in [0.15, 0.2) is 60.7 Å². The van der Waals surface area contributed by atoms with Crippen LogP contribution >= 0.6 is 0 Å². The molecule has 116 valence electrons. The summed E-state index contributed by atoms with van der Waals surface area (Å²) in [6.45, 7) is 0. The quantitative estimate of drug-likeness (QED) is 0.503. The highest BCUT2D eigenvalue weighted by Crippen LogP contribution is 2.16. The van der Waals surface area contributed by atoms with Gasteiger partial charge in [-0.05, 0) is 47.5 Å². The second-order valence-corrected chi connectivity index (χ2v) is 4.59. The molecule has 2 aromatic rings. The maximum atomic E-state index is 11.8. The molecule has 0 aliphatic heterocycles. The van der Waals surface area contributed by atoms with Crippen LogP contribution in [-0.2, 0) is 9.59 Å². The van der Waals surface area contributed by atoms with Gasteiger partial charge in [0.1, 0.15) is 11.5 Å². The molecule has 0 radical (unpaired) electrons. The van der Waals surface area contributed by atoms with Crippen LogP contribution in [0.3, 0.4) is 0 Å². The molecule has 0 saturated heterocycles. The maximum Gasteiger partial charge on any atom is 0.336 e. The molecule has 0 aromatic heterocycles. The van der Waals surface area contributed by atoms with Crippen LogP contribution in [0, 0.1) is 0 Å². The number of phenolic OH excluding ortho intramolecular Hbond substituents is 1. The van der Waals surface area contributed by atoms with E-state index in [1.165, 1.54) is 30.4 Å². The first-order chi connectivity index (χ1) is 11.0. The van der Waals surface area contributed by atoms with E-state index >= 15 is 0 Å². The Hall–Kier alpha value is -3.34. The number of aliphatic carboxylic acids is 1. The smallest absolute Gasteiger partial charge is 0.336 e. The highest BCUT2D eigenvalue weighted by Gasteiger charge is 2.01. The molecule has 0 atom stereocenters. The third-order valence-electron chi connectivity index (χ3n) is 2.78. The molecule has 5 nitrogen and oxygen atoms in total. The average molecular weight is 310 g/mol. The summed E-state index contributed by atoms with van der Waals surface area (Å²) in [4.78, 5) is 22.2. The van der Waals surface area contributed by atoms with E-state index in [0.29, 0.717) is 16.9 Å². The number of carbonyl (C=O) groups is 2. The predicted molar refractivity (Wildman–Crippen MR) is 85.9 cm³/mol. The van der Waals surface area contributed by atoms with Gasteiger partial charge in [0.15, 0.2) is 0 Å². The minimum absolute atomic E-state index is 0.110. The molecule has 2 aromatic carbocycles. The lowest BCUT2D eigenvalue weighted by Crippen LogP contribution is -2.03. The van der Waals surface area contributed by atoms with Gasteiger partial charge in [-0.25, -0.2) is 9.59 Å². The summed E-state index contributed by atoms with van der Waals surface area (Å²) in [7, 11) is 0. The Bertz CT molecular complexity index is 774. The van der Waals surface area contributed by atoms with Gasteiger partial charge in [0, 0.05) is 12.2 Å². The number of phenols is 1. The van der Waals surface area contributed by atoms with Crippen molar-refractivity contribution in [2.45, 2.75) is 0 Å². The Labute approximate surface area is 132 Å². The van der Waals surface area contributed by atoms with Crippen molar-refractivity contribution in [3.8, 4) is 11.5 Å². The lowest BCUT2D eigenvalue weighted by atomic mass is 10.2. The van der Waals surface area contributed by atoms with Crippen LogP contribution in [0.1, 0.15) is 11.1 Å². The molecule has 0 heterocycles. The molecular formula is C18H14O5. The predicted octanol–water partition coefficient (Wildman–Crippen LogP) is 3.11. The fraction of sp³-hybridized carbons (Fsp3) is 0. The second-order valence-electron chi connectivity index (χ2n) is 4.59. The Morgan fingerprint density at radius 1 is 0.913 bits per heavy atom.